The Morgan fingerprint density at radius 1 is 1.33 bits per heavy atom. The highest BCUT2D eigenvalue weighted by molar-refractivity contribution is 5.95. The Hall–Kier alpha value is -1.61. The van der Waals surface area contributed by atoms with Gasteiger partial charge < -0.3 is 10.0 Å². The number of hydrogen-bond donors (Lipinski definition) is 1. The molecule has 0 radical (unpaired) electrons. The number of unbranched alkanes of at least 4 members (excludes halogenated alkanes) is 2. The summed E-state index contributed by atoms with van der Waals surface area (Å²) in [4.78, 5) is 14.4. The first-order valence-electron chi connectivity index (χ1n) is 7.68. The minimum absolute atomic E-state index is 0.0557. The van der Waals surface area contributed by atoms with Gasteiger partial charge in [0.15, 0.2) is 5.78 Å². The summed E-state index contributed by atoms with van der Waals surface area (Å²) in [6, 6.07) is 6.93. The smallest absolute Gasteiger partial charge is 0.160 e. The molecule has 116 valence electrons. The Morgan fingerprint density at radius 3 is 2.71 bits per heavy atom. The van der Waals surface area contributed by atoms with Crippen molar-refractivity contribution in [3.63, 3.8) is 0 Å². The van der Waals surface area contributed by atoms with Crippen LogP contribution in [0.25, 0.3) is 6.08 Å². The fourth-order valence-electron chi connectivity index (χ4n) is 2.35. The number of phenolic OH excluding ortho intramolecular Hbond substituents is 1. The molecule has 0 aliphatic heterocycles. The molecule has 0 saturated heterocycles. The van der Waals surface area contributed by atoms with Gasteiger partial charge in [-0.1, -0.05) is 44.4 Å². The van der Waals surface area contributed by atoms with E-state index in [4.69, 9.17) is 0 Å². The largest absolute Gasteiger partial charge is 0.508 e. The summed E-state index contributed by atoms with van der Waals surface area (Å²) in [6.45, 7) is 2.96. The molecule has 3 nitrogen and oxygen atoms in total. The van der Waals surface area contributed by atoms with E-state index < -0.39 is 0 Å². The van der Waals surface area contributed by atoms with E-state index in [-0.39, 0.29) is 17.5 Å². The van der Waals surface area contributed by atoms with Crippen molar-refractivity contribution in [3.05, 3.63) is 35.9 Å². The fraction of sp³-hybridized carbons (Fsp3) is 0.500. The summed E-state index contributed by atoms with van der Waals surface area (Å²) in [6.07, 6.45) is 7.81. The summed E-state index contributed by atoms with van der Waals surface area (Å²) in [5, 5.41) is 9.42. The van der Waals surface area contributed by atoms with Crippen LogP contribution in [0, 0.1) is 5.92 Å². The number of carbonyl (C=O) groups excluding carboxylic acids is 1. The molecule has 1 rings (SSSR count). The average Bonchev–Trinajstić information content (AvgIpc) is 2.43. The number of hydrogen-bond acceptors (Lipinski definition) is 3. The molecule has 0 saturated carbocycles. The van der Waals surface area contributed by atoms with Gasteiger partial charge in [-0.05, 0) is 44.3 Å². The van der Waals surface area contributed by atoms with Gasteiger partial charge in [0.05, 0.1) is 0 Å². The lowest BCUT2D eigenvalue weighted by Gasteiger charge is -2.18. The second-order valence-electron chi connectivity index (χ2n) is 5.79. The minimum atomic E-state index is 0.0557. The molecule has 0 fully saturated rings. The lowest BCUT2D eigenvalue weighted by atomic mass is 9.95. The Bertz CT molecular complexity index is 466. The fourth-order valence-corrected chi connectivity index (χ4v) is 2.35. The first-order chi connectivity index (χ1) is 10.0. The normalized spacial score (nSPS) is 13.0. The first-order valence-corrected chi connectivity index (χ1v) is 7.68. The molecule has 1 aromatic rings. The van der Waals surface area contributed by atoms with Gasteiger partial charge in [0, 0.05) is 12.5 Å². The number of allylic oxidation sites excluding steroid dienone is 1. The zero-order chi connectivity index (χ0) is 15.7. The maximum absolute atomic E-state index is 12.4. The monoisotopic (exact) mass is 289 g/mol. The third kappa shape index (κ3) is 7.09. The topological polar surface area (TPSA) is 40.5 Å². The molecule has 0 heterocycles. The van der Waals surface area contributed by atoms with Crippen molar-refractivity contribution in [2.75, 3.05) is 20.6 Å². The molecule has 0 aromatic heterocycles. The van der Waals surface area contributed by atoms with E-state index in [0.717, 1.165) is 24.9 Å². The van der Waals surface area contributed by atoms with Crippen LogP contribution in [0.5, 0.6) is 5.75 Å². The molecule has 0 aliphatic carbocycles. The molecule has 1 aromatic carbocycles. The van der Waals surface area contributed by atoms with E-state index >= 15 is 0 Å². The number of ketones is 1. The van der Waals surface area contributed by atoms with E-state index in [1.165, 1.54) is 12.8 Å². The maximum Gasteiger partial charge on any atom is 0.160 e. The average molecular weight is 289 g/mol. The Balaban J connectivity index is 2.66. The molecular formula is C18H27NO2. The molecule has 0 unspecified atom stereocenters. The number of rotatable bonds is 9. The van der Waals surface area contributed by atoms with Gasteiger partial charge in [0.25, 0.3) is 0 Å². The van der Waals surface area contributed by atoms with E-state index in [9.17, 15) is 9.90 Å². The van der Waals surface area contributed by atoms with Crippen LogP contribution in [0.4, 0.5) is 0 Å². The van der Waals surface area contributed by atoms with E-state index in [1.807, 2.05) is 20.2 Å². The standard InChI is InChI=1S/C18H27NO2/c1-4-5-6-9-16(14-19(2)3)18(21)12-11-15-8-7-10-17(20)13-15/h7-8,10-13,16,20H,4-6,9,14H2,1-3H3/b12-11+/t16-/m0/s1. The molecule has 0 aliphatic rings. The van der Waals surface area contributed by atoms with Gasteiger partial charge in [-0.15, -0.1) is 0 Å². The summed E-state index contributed by atoms with van der Waals surface area (Å²) >= 11 is 0. The Morgan fingerprint density at radius 2 is 2.10 bits per heavy atom. The summed E-state index contributed by atoms with van der Waals surface area (Å²) in [7, 11) is 4.00. The number of benzene rings is 1. The van der Waals surface area contributed by atoms with Gasteiger partial charge in [-0.3, -0.25) is 4.79 Å². The van der Waals surface area contributed by atoms with E-state index in [1.54, 1.807) is 30.4 Å². The van der Waals surface area contributed by atoms with Crippen LogP contribution in [0.1, 0.15) is 38.2 Å². The van der Waals surface area contributed by atoms with Gasteiger partial charge in [-0.25, -0.2) is 0 Å². The first kappa shape index (κ1) is 17.4. The lowest BCUT2D eigenvalue weighted by molar-refractivity contribution is -0.118. The molecule has 21 heavy (non-hydrogen) atoms. The summed E-state index contributed by atoms with van der Waals surface area (Å²) in [5.74, 6) is 0.445. The molecule has 0 bridgehead atoms. The van der Waals surface area contributed by atoms with Crippen LogP contribution < -0.4 is 0 Å². The highest BCUT2D eigenvalue weighted by atomic mass is 16.3. The van der Waals surface area contributed by atoms with Gasteiger partial charge in [0.2, 0.25) is 0 Å². The Kier molecular flexibility index (Phi) is 7.76. The predicted octanol–water partition coefficient (Wildman–Crippen LogP) is 3.73. The SMILES string of the molecule is CCCCC[C@@H](CN(C)C)C(=O)/C=C/c1cccc(O)c1. The Labute approximate surface area is 128 Å². The highest BCUT2D eigenvalue weighted by Crippen LogP contribution is 2.15. The van der Waals surface area contributed by atoms with Gasteiger partial charge >= 0.3 is 0 Å². The third-order valence-electron chi connectivity index (χ3n) is 3.45. The van der Waals surface area contributed by atoms with Crippen molar-refractivity contribution in [1.82, 2.24) is 4.90 Å². The number of carbonyl (C=O) groups is 1. The van der Waals surface area contributed by atoms with Crippen LogP contribution in [-0.2, 0) is 4.79 Å². The molecule has 1 atom stereocenters. The van der Waals surface area contributed by atoms with Crippen molar-refractivity contribution >= 4 is 11.9 Å². The van der Waals surface area contributed by atoms with Crippen LogP contribution in [0.2, 0.25) is 0 Å². The molecule has 0 amide bonds. The second kappa shape index (κ2) is 9.35. The van der Waals surface area contributed by atoms with Crippen LogP contribution in [0.15, 0.2) is 30.3 Å². The zero-order valence-corrected chi connectivity index (χ0v) is 13.4. The second-order valence-corrected chi connectivity index (χ2v) is 5.79. The quantitative estimate of drug-likeness (QED) is 0.556. The molecular weight excluding hydrogens is 262 g/mol. The van der Waals surface area contributed by atoms with Crippen LogP contribution in [0.3, 0.4) is 0 Å². The maximum atomic E-state index is 12.4. The van der Waals surface area contributed by atoms with Gasteiger partial charge in [0.1, 0.15) is 5.75 Å². The number of nitrogens with zero attached hydrogens (tertiary/aromatic N) is 1. The van der Waals surface area contributed by atoms with Crippen molar-refractivity contribution in [3.8, 4) is 5.75 Å². The number of phenols is 1. The predicted molar refractivity (Wildman–Crippen MR) is 88.3 cm³/mol. The van der Waals surface area contributed by atoms with Crippen molar-refractivity contribution in [2.45, 2.75) is 32.6 Å². The minimum Gasteiger partial charge on any atom is -0.508 e. The highest BCUT2D eigenvalue weighted by Gasteiger charge is 2.16. The zero-order valence-electron chi connectivity index (χ0n) is 13.4. The summed E-state index contributed by atoms with van der Waals surface area (Å²) < 4.78 is 0. The molecule has 3 heteroatoms. The van der Waals surface area contributed by atoms with Crippen molar-refractivity contribution < 1.29 is 9.90 Å². The molecule has 0 spiro atoms. The van der Waals surface area contributed by atoms with Crippen LogP contribution in [-0.4, -0.2) is 36.4 Å². The molecule has 1 N–H and O–H groups in total. The van der Waals surface area contributed by atoms with Crippen molar-refractivity contribution in [1.29, 1.82) is 0 Å². The summed E-state index contributed by atoms with van der Waals surface area (Å²) in [5.41, 5.74) is 0.848. The van der Waals surface area contributed by atoms with Crippen LogP contribution >= 0.6 is 0 Å². The third-order valence-corrected chi connectivity index (χ3v) is 3.45. The van der Waals surface area contributed by atoms with Crippen molar-refractivity contribution in [2.24, 2.45) is 5.92 Å². The van der Waals surface area contributed by atoms with Gasteiger partial charge in [-0.2, -0.15) is 0 Å². The van der Waals surface area contributed by atoms with E-state index in [2.05, 4.69) is 11.8 Å². The number of aromatic hydroxyl groups is 1. The van der Waals surface area contributed by atoms with E-state index in [0.29, 0.717) is 0 Å². The lowest BCUT2D eigenvalue weighted by Crippen LogP contribution is -2.27.